The van der Waals surface area contributed by atoms with Crippen LogP contribution in [0.3, 0.4) is 0 Å². The van der Waals surface area contributed by atoms with Gasteiger partial charge in [0.2, 0.25) is 0 Å². The molecule has 0 atom stereocenters. The molecule has 0 fully saturated rings. The molecule has 0 N–H and O–H groups in total. The Morgan fingerprint density at radius 1 is 1.10 bits per heavy atom. The van der Waals surface area contributed by atoms with E-state index in [2.05, 4.69) is 0 Å². The molecule has 2 aromatic rings. The number of ether oxygens (including phenoxy) is 2. The van der Waals surface area contributed by atoms with Crippen molar-refractivity contribution in [1.82, 2.24) is 0 Å². The van der Waals surface area contributed by atoms with E-state index < -0.39 is 5.82 Å². The highest BCUT2D eigenvalue weighted by Gasteiger charge is 2.14. The van der Waals surface area contributed by atoms with Crippen molar-refractivity contribution in [1.29, 1.82) is 0 Å². The number of hydrogen-bond donors (Lipinski definition) is 0. The van der Waals surface area contributed by atoms with Crippen LogP contribution < -0.4 is 9.47 Å². The van der Waals surface area contributed by atoms with Gasteiger partial charge in [0.15, 0.2) is 5.78 Å². The second-order valence-corrected chi connectivity index (χ2v) is 4.55. The van der Waals surface area contributed by atoms with Gasteiger partial charge in [-0.15, -0.1) is 0 Å². The Hall–Kier alpha value is -2.36. The molecule has 0 radical (unpaired) electrons. The highest BCUT2D eigenvalue weighted by atomic mass is 19.1. The molecule has 4 heteroatoms. The SMILES string of the molecule is CCCOc1ccc(C(=O)c2ccc(OC)cc2F)cc1. The summed E-state index contributed by atoms with van der Waals surface area (Å²) in [5, 5.41) is 0. The summed E-state index contributed by atoms with van der Waals surface area (Å²) in [6.45, 7) is 2.64. The molecule has 2 aromatic carbocycles. The Kier molecular flexibility index (Phi) is 4.93. The van der Waals surface area contributed by atoms with Crippen LogP contribution in [0, 0.1) is 5.82 Å². The fourth-order valence-electron chi connectivity index (χ4n) is 1.88. The first-order valence-corrected chi connectivity index (χ1v) is 6.76. The van der Waals surface area contributed by atoms with E-state index in [4.69, 9.17) is 9.47 Å². The van der Waals surface area contributed by atoms with Crippen molar-refractivity contribution in [2.45, 2.75) is 13.3 Å². The average molecular weight is 288 g/mol. The molecule has 21 heavy (non-hydrogen) atoms. The molecule has 0 saturated carbocycles. The Morgan fingerprint density at radius 2 is 1.76 bits per heavy atom. The van der Waals surface area contributed by atoms with Crippen LogP contribution in [-0.2, 0) is 0 Å². The Morgan fingerprint density at radius 3 is 2.33 bits per heavy atom. The van der Waals surface area contributed by atoms with E-state index in [1.807, 2.05) is 6.92 Å². The monoisotopic (exact) mass is 288 g/mol. The van der Waals surface area contributed by atoms with Crippen molar-refractivity contribution in [3.05, 3.63) is 59.4 Å². The van der Waals surface area contributed by atoms with E-state index in [1.165, 1.54) is 19.2 Å². The van der Waals surface area contributed by atoms with Crippen LogP contribution >= 0.6 is 0 Å². The summed E-state index contributed by atoms with van der Waals surface area (Å²) in [7, 11) is 1.45. The number of rotatable bonds is 6. The second kappa shape index (κ2) is 6.88. The lowest BCUT2D eigenvalue weighted by molar-refractivity contribution is 0.103. The van der Waals surface area contributed by atoms with Gasteiger partial charge in [0.05, 0.1) is 19.3 Å². The molecule has 0 amide bonds. The fourth-order valence-corrected chi connectivity index (χ4v) is 1.88. The summed E-state index contributed by atoms with van der Waals surface area (Å²) in [6, 6.07) is 10.9. The Balaban J connectivity index is 2.19. The lowest BCUT2D eigenvalue weighted by atomic mass is 10.0. The third-order valence-corrected chi connectivity index (χ3v) is 3.01. The van der Waals surface area contributed by atoms with Crippen LogP contribution in [0.1, 0.15) is 29.3 Å². The summed E-state index contributed by atoms with van der Waals surface area (Å²) in [4.78, 5) is 12.3. The van der Waals surface area contributed by atoms with Gasteiger partial charge in [-0.05, 0) is 42.8 Å². The van der Waals surface area contributed by atoms with E-state index in [1.54, 1.807) is 30.3 Å². The molecule has 0 aliphatic heterocycles. The molecule has 0 aliphatic carbocycles. The van der Waals surface area contributed by atoms with Crippen molar-refractivity contribution < 1.29 is 18.7 Å². The minimum absolute atomic E-state index is 0.0260. The molecule has 0 unspecified atom stereocenters. The van der Waals surface area contributed by atoms with Crippen LogP contribution in [-0.4, -0.2) is 19.5 Å². The fraction of sp³-hybridized carbons (Fsp3) is 0.235. The minimum atomic E-state index is -0.592. The molecule has 2 rings (SSSR count). The van der Waals surface area contributed by atoms with Gasteiger partial charge < -0.3 is 9.47 Å². The van der Waals surface area contributed by atoms with Crippen LogP contribution in [0.25, 0.3) is 0 Å². The van der Waals surface area contributed by atoms with Gasteiger partial charge in [-0.1, -0.05) is 6.92 Å². The normalized spacial score (nSPS) is 10.2. The van der Waals surface area contributed by atoms with Crippen LogP contribution in [0.2, 0.25) is 0 Å². The first kappa shape index (κ1) is 15.0. The molecule has 0 saturated heterocycles. The first-order chi connectivity index (χ1) is 10.2. The van der Waals surface area contributed by atoms with Gasteiger partial charge in [-0.2, -0.15) is 0 Å². The van der Waals surface area contributed by atoms with Crippen molar-refractivity contribution in [2.75, 3.05) is 13.7 Å². The molecule has 0 aliphatic rings. The third kappa shape index (κ3) is 3.60. The maximum Gasteiger partial charge on any atom is 0.195 e. The zero-order valence-corrected chi connectivity index (χ0v) is 12.1. The minimum Gasteiger partial charge on any atom is -0.497 e. The molecular weight excluding hydrogens is 271 g/mol. The number of methoxy groups -OCH3 is 1. The van der Waals surface area contributed by atoms with E-state index in [0.717, 1.165) is 6.42 Å². The topological polar surface area (TPSA) is 35.5 Å². The third-order valence-electron chi connectivity index (χ3n) is 3.01. The predicted octanol–water partition coefficient (Wildman–Crippen LogP) is 3.85. The molecule has 110 valence electrons. The zero-order valence-electron chi connectivity index (χ0n) is 12.1. The van der Waals surface area contributed by atoms with Gasteiger partial charge in [0.25, 0.3) is 0 Å². The average Bonchev–Trinajstić information content (AvgIpc) is 2.52. The molecule has 0 bridgehead atoms. The van der Waals surface area contributed by atoms with Crippen molar-refractivity contribution in [3.63, 3.8) is 0 Å². The van der Waals surface area contributed by atoms with E-state index in [0.29, 0.717) is 23.7 Å². The highest BCUT2D eigenvalue weighted by molar-refractivity contribution is 6.09. The number of carbonyl (C=O) groups excluding carboxylic acids is 1. The summed E-state index contributed by atoms with van der Waals surface area (Å²) in [5.41, 5.74) is 0.445. The highest BCUT2D eigenvalue weighted by Crippen LogP contribution is 2.20. The Labute approximate surface area is 123 Å². The largest absolute Gasteiger partial charge is 0.497 e. The number of hydrogen-bond acceptors (Lipinski definition) is 3. The number of benzene rings is 2. The van der Waals surface area contributed by atoms with Crippen LogP contribution in [0.4, 0.5) is 4.39 Å². The molecule has 0 aromatic heterocycles. The zero-order chi connectivity index (χ0) is 15.2. The quantitative estimate of drug-likeness (QED) is 0.757. The van der Waals surface area contributed by atoms with Crippen LogP contribution in [0.5, 0.6) is 11.5 Å². The van der Waals surface area contributed by atoms with Gasteiger partial charge in [0, 0.05) is 11.6 Å². The summed E-state index contributed by atoms with van der Waals surface area (Å²) < 4.78 is 24.3. The smallest absolute Gasteiger partial charge is 0.195 e. The predicted molar refractivity (Wildman–Crippen MR) is 78.6 cm³/mol. The molecular formula is C17H17FO3. The summed E-state index contributed by atoms with van der Waals surface area (Å²) in [6.07, 6.45) is 0.914. The lowest BCUT2D eigenvalue weighted by Crippen LogP contribution is -2.04. The van der Waals surface area contributed by atoms with Gasteiger partial charge >= 0.3 is 0 Å². The van der Waals surface area contributed by atoms with Gasteiger partial charge in [-0.3, -0.25) is 4.79 Å². The van der Waals surface area contributed by atoms with Crippen LogP contribution in [0.15, 0.2) is 42.5 Å². The van der Waals surface area contributed by atoms with Gasteiger partial charge in [-0.25, -0.2) is 4.39 Å². The molecule has 0 spiro atoms. The van der Waals surface area contributed by atoms with Crippen molar-refractivity contribution >= 4 is 5.78 Å². The maximum atomic E-state index is 13.9. The maximum absolute atomic E-state index is 13.9. The number of halogens is 1. The standard InChI is InChI=1S/C17H17FO3/c1-3-10-21-13-6-4-12(5-7-13)17(19)15-9-8-14(20-2)11-16(15)18/h4-9,11H,3,10H2,1-2H3. The number of carbonyl (C=O) groups is 1. The van der Waals surface area contributed by atoms with E-state index in [-0.39, 0.29) is 11.3 Å². The second-order valence-electron chi connectivity index (χ2n) is 4.55. The van der Waals surface area contributed by atoms with Crippen molar-refractivity contribution in [2.24, 2.45) is 0 Å². The first-order valence-electron chi connectivity index (χ1n) is 6.76. The van der Waals surface area contributed by atoms with E-state index >= 15 is 0 Å². The molecule has 3 nitrogen and oxygen atoms in total. The van der Waals surface area contributed by atoms with E-state index in [9.17, 15) is 9.18 Å². The molecule has 0 heterocycles. The Bertz CT molecular complexity index is 620. The summed E-state index contributed by atoms with van der Waals surface area (Å²) in [5.74, 6) is 0.124. The van der Waals surface area contributed by atoms with Gasteiger partial charge in [0.1, 0.15) is 17.3 Å². The lowest BCUT2D eigenvalue weighted by Gasteiger charge is -2.07. The van der Waals surface area contributed by atoms with Crippen molar-refractivity contribution in [3.8, 4) is 11.5 Å². The summed E-state index contributed by atoms with van der Waals surface area (Å²) >= 11 is 0. The number of ketones is 1.